The number of imidazole rings is 1. The van der Waals surface area contributed by atoms with Crippen molar-refractivity contribution in [3.8, 4) is 5.75 Å². The van der Waals surface area contributed by atoms with E-state index in [9.17, 15) is 4.79 Å². The van der Waals surface area contributed by atoms with Gasteiger partial charge >= 0.3 is 0 Å². The Kier molecular flexibility index (Phi) is 6.55. The minimum Gasteiger partial charge on any atom is -0.492 e. The summed E-state index contributed by atoms with van der Waals surface area (Å²) in [6.45, 7) is 7.26. The molecule has 0 saturated heterocycles. The molecular weight excluding hydrogens is 398 g/mol. The number of nitrogens with zero attached hydrogens (tertiary/aromatic N) is 2. The normalized spacial score (nSPS) is 12.0. The van der Waals surface area contributed by atoms with Gasteiger partial charge in [-0.3, -0.25) is 4.79 Å². The number of hydrogen-bond acceptors (Lipinski definition) is 3. The molecule has 0 bridgehead atoms. The summed E-state index contributed by atoms with van der Waals surface area (Å²) in [5.74, 6) is 1.56. The van der Waals surface area contributed by atoms with Gasteiger partial charge in [-0.15, -0.1) is 0 Å². The second kappa shape index (κ2) is 9.69. The Morgan fingerprint density at radius 2 is 1.75 bits per heavy atom. The van der Waals surface area contributed by atoms with E-state index in [0.717, 1.165) is 34.6 Å². The van der Waals surface area contributed by atoms with Crippen LogP contribution in [0.2, 0.25) is 0 Å². The van der Waals surface area contributed by atoms with Gasteiger partial charge in [0.1, 0.15) is 18.2 Å². The first-order valence-electron chi connectivity index (χ1n) is 11.1. The standard InChI is InChI=1S/C27H29N3O2/c1-4-21-11-15-23(16-12-21)32-18-17-30-25-8-6-5-7-24(25)29-26(30)20(3)28-27(31)22-13-9-19(2)10-14-22/h5-16,20H,4,17-18H2,1-3H3,(H,28,31). The molecule has 0 aliphatic rings. The van der Waals surface area contributed by atoms with Crippen molar-refractivity contribution >= 4 is 16.9 Å². The summed E-state index contributed by atoms with van der Waals surface area (Å²) in [6, 6.07) is 23.6. The summed E-state index contributed by atoms with van der Waals surface area (Å²) in [5, 5.41) is 3.09. The van der Waals surface area contributed by atoms with Gasteiger partial charge in [0.2, 0.25) is 0 Å². The number of fused-ring (bicyclic) bond motifs is 1. The Labute approximate surface area is 189 Å². The minimum absolute atomic E-state index is 0.108. The van der Waals surface area contributed by atoms with E-state index in [1.54, 1.807) is 0 Å². The molecule has 1 aromatic heterocycles. The molecule has 1 atom stereocenters. The van der Waals surface area contributed by atoms with Gasteiger partial charge in [-0.1, -0.05) is 48.9 Å². The van der Waals surface area contributed by atoms with Crippen molar-refractivity contribution in [1.29, 1.82) is 0 Å². The number of carbonyl (C=O) groups is 1. The summed E-state index contributed by atoms with van der Waals surface area (Å²) in [4.78, 5) is 17.6. The number of hydrogen-bond donors (Lipinski definition) is 1. The third kappa shape index (κ3) is 4.83. The highest BCUT2D eigenvalue weighted by atomic mass is 16.5. The van der Waals surface area contributed by atoms with Crippen molar-refractivity contribution in [3.63, 3.8) is 0 Å². The van der Waals surface area contributed by atoms with Crippen LogP contribution < -0.4 is 10.1 Å². The smallest absolute Gasteiger partial charge is 0.251 e. The molecule has 5 nitrogen and oxygen atoms in total. The van der Waals surface area contributed by atoms with E-state index in [1.165, 1.54) is 5.56 Å². The van der Waals surface area contributed by atoms with Crippen molar-refractivity contribution in [2.24, 2.45) is 0 Å². The number of rotatable bonds is 8. The van der Waals surface area contributed by atoms with Crippen LogP contribution in [0.3, 0.4) is 0 Å². The molecule has 3 aromatic carbocycles. The molecule has 5 heteroatoms. The highest BCUT2D eigenvalue weighted by molar-refractivity contribution is 5.94. The fourth-order valence-electron chi connectivity index (χ4n) is 3.79. The van der Waals surface area contributed by atoms with Crippen LogP contribution in [-0.4, -0.2) is 22.1 Å². The number of para-hydroxylation sites is 2. The third-order valence-electron chi connectivity index (χ3n) is 5.65. The average molecular weight is 428 g/mol. The lowest BCUT2D eigenvalue weighted by atomic mass is 10.1. The molecule has 1 unspecified atom stereocenters. The van der Waals surface area contributed by atoms with Crippen LogP contribution in [0.25, 0.3) is 11.0 Å². The molecule has 0 saturated carbocycles. The first-order valence-corrected chi connectivity index (χ1v) is 11.1. The van der Waals surface area contributed by atoms with Gasteiger partial charge in [0, 0.05) is 5.56 Å². The van der Waals surface area contributed by atoms with E-state index in [2.05, 4.69) is 35.0 Å². The lowest BCUT2D eigenvalue weighted by Gasteiger charge is -2.17. The van der Waals surface area contributed by atoms with E-state index in [-0.39, 0.29) is 11.9 Å². The van der Waals surface area contributed by atoms with E-state index in [4.69, 9.17) is 9.72 Å². The van der Waals surface area contributed by atoms with Crippen LogP contribution in [0.5, 0.6) is 5.75 Å². The quantitative estimate of drug-likeness (QED) is 0.405. The Morgan fingerprint density at radius 3 is 2.47 bits per heavy atom. The molecule has 164 valence electrons. The molecule has 0 aliphatic carbocycles. The number of nitrogens with one attached hydrogen (secondary N) is 1. The zero-order valence-corrected chi connectivity index (χ0v) is 18.8. The van der Waals surface area contributed by atoms with Gasteiger partial charge in [0.25, 0.3) is 5.91 Å². The van der Waals surface area contributed by atoms with Gasteiger partial charge in [0.05, 0.1) is 23.6 Å². The van der Waals surface area contributed by atoms with Crippen LogP contribution in [0, 0.1) is 6.92 Å². The number of amides is 1. The summed E-state index contributed by atoms with van der Waals surface area (Å²) < 4.78 is 8.12. The molecule has 32 heavy (non-hydrogen) atoms. The first kappa shape index (κ1) is 21.6. The van der Waals surface area contributed by atoms with Crippen molar-refractivity contribution in [2.75, 3.05) is 6.61 Å². The Balaban J connectivity index is 1.51. The molecule has 0 fully saturated rings. The van der Waals surface area contributed by atoms with E-state index >= 15 is 0 Å². The molecular formula is C27H29N3O2. The van der Waals surface area contributed by atoms with Gasteiger partial charge in [0.15, 0.2) is 0 Å². The van der Waals surface area contributed by atoms with Crippen molar-refractivity contribution in [2.45, 2.75) is 39.8 Å². The van der Waals surface area contributed by atoms with Gasteiger partial charge in [-0.2, -0.15) is 0 Å². The van der Waals surface area contributed by atoms with Crippen molar-refractivity contribution in [1.82, 2.24) is 14.9 Å². The van der Waals surface area contributed by atoms with Gasteiger partial charge in [-0.05, 0) is 62.2 Å². The highest BCUT2D eigenvalue weighted by Gasteiger charge is 2.19. The molecule has 1 N–H and O–H groups in total. The van der Waals surface area contributed by atoms with Gasteiger partial charge in [-0.25, -0.2) is 4.98 Å². The van der Waals surface area contributed by atoms with Crippen LogP contribution in [0.1, 0.15) is 47.2 Å². The second-order valence-electron chi connectivity index (χ2n) is 8.02. The Morgan fingerprint density at radius 1 is 1.03 bits per heavy atom. The van der Waals surface area contributed by atoms with E-state index < -0.39 is 0 Å². The molecule has 4 aromatic rings. The highest BCUT2D eigenvalue weighted by Crippen LogP contribution is 2.22. The summed E-state index contributed by atoms with van der Waals surface area (Å²) in [5.41, 5.74) is 5.00. The second-order valence-corrected chi connectivity index (χ2v) is 8.02. The third-order valence-corrected chi connectivity index (χ3v) is 5.65. The largest absolute Gasteiger partial charge is 0.492 e. The predicted octanol–water partition coefficient (Wildman–Crippen LogP) is 5.48. The SMILES string of the molecule is CCc1ccc(OCCn2c(C(C)NC(=O)c3ccc(C)cc3)nc3ccccc32)cc1. The first-order chi connectivity index (χ1) is 15.5. The lowest BCUT2D eigenvalue weighted by molar-refractivity contribution is 0.0937. The van der Waals surface area contributed by atoms with Crippen LogP contribution in [-0.2, 0) is 13.0 Å². The maximum Gasteiger partial charge on any atom is 0.251 e. The monoisotopic (exact) mass is 427 g/mol. The van der Waals surface area contributed by atoms with Crippen LogP contribution in [0.15, 0.2) is 72.8 Å². The molecule has 0 aliphatic heterocycles. The summed E-state index contributed by atoms with van der Waals surface area (Å²) in [6.07, 6.45) is 1.01. The lowest BCUT2D eigenvalue weighted by Crippen LogP contribution is -2.29. The zero-order chi connectivity index (χ0) is 22.5. The fourth-order valence-corrected chi connectivity index (χ4v) is 3.79. The molecule has 1 amide bonds. The van der Waals surface area contributed by atoms with E-state index in [0.29, 0.717) is 18.7 Å². The van der Waals surface area contributed by atoms with Crippen LogP contribution in [0.4, 0.5) is 0 Å². The van der Waals surface area contributed by atoms with Crippen molar-refractivity contribution in [3.05, 3.63) is 95.3 Å². The molecule has 4 rings (SSSR count). The number of aryl methyl sites for hydroxylation is 2. The van der Waals surface area contributed by atoms with Gasteiger partial charge < -0.3 is 14.6 Å². The number of carbonyl (C=O) groups excluding carboxylic acids is 1. The molecule has 0 radical (unpaired) electrons. The van der Waals surface area contributed by atoms with E-state index in [1.807, 2.05) is 68.4 Å². The summed E-state index contributed by atoms with van der Waals surface area (Å²) >= 11 is 0. The minimum atomic E-state index is -0.250. The predicted molar refractivity (Wildman–Crippen MR) is 128 cm³/mol. The molecule has 1 heterocycles. The topological polar surface area (TPSA) is 56.1 Å². The maximum absolute atomic E-state index is 12.7. The maximum atomic E-state index is 12.7. The number of ether oxygens (including phenoxy) is 1. The van der Waals surface area contributed by atoms with Crippen molar-refractivity contribution < 1.29 is 9.53 Å². The number of aromatic nitrogens is 2. The fraction of sp³-hybridized carbons (Fsp3) is 0.259. The van der Waals surface area contributed by atoms with Crippen LogP contribution >= 0.6 is 0 Å². The molecule has 0 spiro atoms. The average Bonchev–Trinajstić information content (AvgIpc) is 3.19. The number of benzene rings is 3. The summed E-state index contributed by atoms with van der Waals surface area (Å²) in [7, 11) is 0. The Hall–Kier alpha value is -3.60. The Bertz CT molecular complexity index is 1190. The zero-order valence-electron chi connectivity index (χ0n) is 18.8.